The molecule has 0 spiro atoms. The van der Waals surface area contributed by atoms with Crippen LogP contribution in [0.2, 0.25) is 0 Å². The molecule has 1 aliphatic heterocycles. The molecule has 2 heterocycles. The minimum Gasteiger partial charge on any atom is -0.388 e. The van der Waals surface area contributed by atoms with Crippen molar-refractivity contribution in [3.8, 4) is 0 Å². The maximum atomic E-state index is 10.2. The number of aromatic nitrogens is 1. The topological polar surface area (TPSA) is 74.9 Å². The minimum absolute atomic E-state index is 0.212. The van der Waals surface area contributed by atoms with E-state index < -0.39 is 5.60 Å². The highest BCUT2D eigenvalue weighted by atomic mass is 16.5. The molecule has 6 heteroatoms. The Kier molecular flexibility index (Phi) is 4.70. The summed E-state index contributed by atoms with van der Waals surface area (Å²) >= 11 is 0. The lowest BCUT2D eigenvalue weighted by Gasteiger charge is -2.40. The van der Waals surface area contributed by atoms with E-state index in [-0.39, 0.29) is 6.10 Å². The average Bonchev–Trinajstić information content (AvgIpc) is 2.37. The predicted octanol–water partition coefficient (Wildman–Crippen LogP) is 0.701. The standard InChI is InChI=1S/C15H26N4O2/c1-15(2,20)13-10-19(7-8-21-13)12-5-6-14(16)17-11(12)9-18(3)4/h5-6,13,20H,7-10H2,1-4H3,(H2,16,17). The maximum absolute atomic E-state index is 10.2. The number of ether oxygens (including phenoxy) is 1. The average molecular weight is 294 g/mol. The van der Waals surface area contributed by atoms with Gasteiger partial charge in [0.2, 0.25) is 0 Å². The molecule has 1 fully saturated rings. The largest absolute Gasteiger partial charge is 0.388 e. The fourth-order valence-electron chi connectivity index (χ4n) is 2.51. The molecule has 21 heavy (non-hydrogen) atoms. The van der Waals surface area contributed by atoms with Crippen molar-refractivity contribution in [3.63, 3.8) is 0 Å². The van der Waals surface area contributed by atoms with Crippen LogP contribution in [0, 0.1) is 0 Å². The van der Waals surface area contributed by atoms with Crippen molar-refractivity contribution >= 4 is 11.5 Å². The highest BCUT2D eigenvalue weighted by Gasteiger charge is 2.33. The summed E-state index contributed by atoms with van der Waals surface area (Å²) in [4.78, 5) is 8.76. The summed E-state index contributed by atoms with van der Waals surface area (Å²) in [6.45, 7) is 6.33. The Balaban J connectivity index is 2.24. The molecule has 1 aromatic rings. The van der Waals surface area contributed by atoms with E-state index in [9.17, 15) is 5.11 Å². The van der Waals surface area contributed by atoms with Gasteiger partial charge in [-0.3, -0.25) is 0 Å². The van der Waals surface area contributed by atoms with Gasteiger partial charge >= 0.3 is 0 Å². The third-order valence-electron chi connectivity index (χ3n) is 3.63. The van der Waals surface area contributed by atoms with Crippen LogP contribution < -0.4 is 10.6 Å². The lowest BCUT2D eigenvalue weighted by molar-refractivity contribution is -0.0928. The van der Waals surface area contributed by atoms with Gasteiger partial charge in [-0.15, -0.1) is 0 Å². The highest BCUT2D eigenvalue weighted by Crippen LogP contribution is 2.26. The zero-order valence-electron chi connectivity index (χ0n) is 13.3. The first-order valence-electron chi connectivity index (χ1n) is 7.26. The van der Waals surface area contributed by atoms with E-state index in [0.29, 0.717) is 19.0 Å². The second kappa shape index (κ2) is 6.17. The highest BCUT2D eigenvalue weighted by molar-refractivity contribution is 5.54. The molecular weight excluding hydrogens is 268 g/mol. The molecule has 6 nitrogen and oxygen atoms in total. The molecule has 0 aliphatic carbocycles. The van der Waals surface area contributed by atoms with Gasteiger partial charge in [0.1, 0.15) is 11.9 Å². The van der Waals surface area contributed by atoms with Gasteiger partial charge in [0, 0.05) is 19.6 Å². The van der Waals surface area contributed by atoms with Crippen molar-refractivity contribution in [2.75, 3.05) is 44.4 Å². The van der Waals surface area contributed by atoms with Crippen molar-refractivity contribution in [1.29, 1.82) is 0 Å². The Hall–Kier alpha value is -1.37. The molecule has 0 amide bonds. The first-order valence-corrected chi connectivity index (χ1v) is 7.26. The van der Waals surface area contributed by atoms with Crippen LogP contribution in [0.4, 0.5) is 11.5 Å². The number of nitrogens with zero attached hydrogens (tertiary/aromatic N) is 3. The Morgan fingerprint density at radius 1 is 1.48 bits per heavy atom. The second-order valence-electron chi connectivity index (χ2n) is 6.40. The fraction of sp³-hybridized carbons (Fsp3) is 0.667. The van der Waals surface area contributed by atoms with E-state index in [1.807, 2.05) is 26.2 Å². The third-order valence-corrected chi connectivity index (χ3v) is 3.63. The molecule has 0 saturated carbocycles. The number of nitrogen functional groups attached to an aromatic ring is 1. The molecule has 2 rings (SSSR count). The van der Waals surface area contributed by atoms with Crippen LogP contribution in [0.3, 0.4) is 0 Å². The number of anilines is 2. The SMILES string of the molecule is CN(C)Cc1nc(N)ccc1N1CCOC(C(C)(C)O)C1. The minimum atomic E-state index is -0.860. The van der Waals surface area contributed by atoms with Gasteiger partial charge in [-0.1, -0.05) is 0 Å². The van der Waals surface area contributed by atoms with Gasteiger partial charge in [-0.05, 0) is 40.1 Å². The van der Waals surface area contributed by atoms with Crippen molar-refractivity contribution < 1.29 is 9.84 Å². The molecule has 0 aromatic carbocycles. The Bertz CT molecular complexity index is 485. The van der Waals surface area contributed by atoms with E-state index in [4.69, 9.17) is 10.5 Å². The van der Waals surface area contributed by atoms with Crippen LogP contribution >= 0.6 is 0 Å². The Labute approximate surface area is 126 Å². The number of morpholine rings is 1. The summed E-state index contributed by atoms with van der Waals surface area (Å²) in [7, 11) is 4.02. The first-order chi connectivity index (χ1) is 9.77. The summed E-state index contributed by atoms with van der Waals surface area (Å²) in [5.41, 5.74) is 6.98. The van der Waals surface area contributed by atoms with Crippen molar-refractivity contribution in [3.05, 3.63) is 17.8 Å². The van der Waals surface area contributed by atoms with Crippen molar-refractivity contribution in [2.45, 2.75) is 32.1 Å². The summed E-state index contributed by atoms with van der Waals surface area (Å²) in [5, 5.41) is 10.2. The number of hydrogen-bond acceptors (Lipinski definition) is 6. The Morgan fingerprint density at radius 2 is 2.19 bits per heavy atom. The zero-order valence-corrected chi connectivity index (χ0v) is 13.3. The molecule has 1 aliphatic rings. The molecule has 0 bridgehead atoms. The van der Waals surface area contributed by atoms with Crippen molar-refractivity contribution in [1.82, 2.24) is 9.88 Å². The molecule has 3 N–H and O–H groups in total. The predicted molar refractivity (Wildman–Crippen MR) is 84.3 cm³/mol. The molecule has 118 valence electrons. The van der Waals surface area contributed by atoms with E-state index in [0.717, 1.165) is 24.5 Å². The number of rotatable bonds is 4. The quantitative estimate of drug-likeness (QED) is 0.851. The molecule has 0 radical (unpaired) electrons. The van der Waals surface area contributed by atoms with Crippen molar-refractivity contribution in [2.24, 2.45) is 0 Å². The van der Waals surface area contributed by atoms with Crippen LogP contribution in [0.5, 0.6) is 0 Å². The van der Waals surface area contributed by atoms with Crippen LogP contribution in [0.15, 0.2) is 12.1 Å². The summed E-state index contributed by atoms with van der Waals surface area (Å²) < 4.78 is 5.69. The van der Waals surface area contributed by atoms with Crippen LogP contribution in [0.25, 0.3) is 0 Å². The van der Waals surface area contributed by atoms with Gasteiger partial charge in [-0.2, -0.15) is 0 Å². The number of hydrogen-bond donors (Lipinski definition) is 2. The molecule has 1 atom stereocenters. The Morgan fingerprint density at radius 3 is 2.81 bits per heavy atom. The maximum Gasteiger partial charge on any atom is 0.123 e. The first kappa shape index (κ1) is 16.0. The summed E-state index contributed by atoms with van der Waals surface area (Å²) in [6, 6.07) is 3.83. The third kappa shape index (κ3) is 4.06. The summed E-state index contributed by atoms with van der Waals surface area (Å²) in [5.74, 6) is 0.530. The van der Waals surface area contributed by atoms with E-state index in [1.165, 1.54) is 0 Å². The number of pyridine rings is 1. The van der Waals surface area contributed by atoms with Crippen LogP contribution in [-0.2, 0) is 11.3 Å². The van der Waals surface area contributed by atoms with E-state index in [1.54, 1.807) is 13.8 Å². The number of nitrogens with two attached hydrogens (primary N) is 1. The summed E-state index contributed by atoms with van der Waals surface area (Å²) in [6.07, 6.45) is -0.212. The van der Waals surface area contributed by atoms with Gasteiger partial charge in [-0.25, -0.2) is 4.98 Å². The molecule has 1 aromatic heterocycles. The smallest absolute Gasteiger partial charge is 0.123 e. The lowest BCUT2D eigenvalue weighted by atomic mass is 10.00. The molecule has 1 saturated heterocycles. The monoisotopic (exact) mass is 294 g/mol. The zero-order chi connectivity index (χ0) is 15.6. The van der Waals surface area contributed by atoms with Gasteiger partial charge in [0.15, 0.2) is 0 Å². The van der Waals surface area contributed by atoms with Crippen LogP contribution in [0.1, 0.15) is 19.5 Å². The van der Waals surface area contributed by atoms with E-state index >= 15 is 0 Å². The normalized spacial score (nSPS) is 20.1. The molecule has 1 unspecified atom stereocenters. The van der Waals surface area contributed by atoms with Gasteiger partial charge in [0.25, 0.3) is 0 Å². The second-order valence-corrected chi connectivity index (χ2v) is 6.40. The lowest BCUT2D eigenvalue weighted by Crippen LogP contribution is -2.52. The van der Waals surface area contributed by atoms with E-state index in [2.05, 4.69) is 14.8 Å². The molecular formula is C15H26N4O2. The van der Waals surface area contributed by atoms with Crippen LogP contribution in [-0.4, -0.2) is 60.5 Å². The van der Waals surface area contributed by atoms with Gasteiger partial charge < -0.3 is 25.4 Å². The number of aliphatic hydroxyl groups is 1. The fourth-order valence-corrected chi connectivity index (χ4v) is 2.51. The van der Waals surface area contributed by atoms with Gasteiger partial charge in [0.05, 0.1) is 23.6 Å².